The molecule has 6 heteroatoms. The minimum atomic E-state index is -0.606. The van der Waals surface area contributed by atoms with Crippen LogP contribution in [0, 0.1) is 11.7 Å². The highest BCUT2D eigenvalue weighted by molar-refractivity contribution is 6.01. The van der Waals surface area contributed by atoms with Gasteiger partial charge in [-0.3, -0.25) is 4.79 Å². The highest BCUT2D eigenvalue weighted by Gasteiger charge is 2.23. The molecule has 0 unspecified atom stereocenters. The van der Waals surface area contributed by atoms with Gasteiger partial charge >= 0.3 is 5.97 Å². The van der Waals surface area contributed by atoms with Crippen LogP contribution in [0.25, 0.3) is 0 Å². The number of benzene rings is 1. The summed E-state index contributed by atoms with van der Waals surface area (Å²) in [7, 11) is 1.24. The second-order valence-electron chi connectivity index (χ2n) is 4.70. The van der Waals surface area contributed by atoms with E-state index in [-0.39, 0.29) is 23.1 Å². The van der Waals surface area contributed by atoms with Crippen molar-refractivity contribution in [1.82, 2.24) is 5.32 Å². The number of anilines is 1. The number of halogens is 1. The summed E-state index contributed by atoms with van der Waals surface area (Å²) in [6, 6.07) is 3.59. The molecule has 0 aliphatic carbocycles. The van der Waals surface area contributed by atoms with Crippen LogP contribution in [0.1, 0.15) is 23.2 Å². The summed E-state index contributed by atoms with van der Waals surface area (Å²) in [5.74, 6) is -1.43. The van der Waals surface area contributed by atoms with E-state index >= 15 is 0 Å². The first-order valence-electron chi connectivity index (χ1n) is 6.51. The van der Waals surface area contributed by atoms with E-state index in [1.165, 1.54) is 13.2 Å². The minimum Gasteiger partial charge on any atom is -0.465 e. The zero-order valence-electron chi connectivity index (χ0n) is 11.2. The maximum Gasteiger partial charge on any atom is 0.339 e. The van der Waals surface area contributed by atoms with Gasteiger partial charge in [0.05, 0.1) is 18.4 Å². The highest BCUT2D eigenvalue weighted by Crippen LogP contribution is 2.21. The molecule has 5 nitrogen and oxygen atoms in total. The van der Waals surface area contributed by atoms with E-state index in [1.807, 2.05) is 0 Å². The summed E-state index contributed by atoms with van der Waals surface area (Å²) in [6.07, 6.45) is 1.46. The van der Waals surface area contributed by atoms with E-state index < -0.39 is 11.8 Å². The third-order valence-corrected chi connectivity index (χ3v) is 3.35. The van der Waals surface area contributed by atoms with E-state index in [4.69, 9.17) is 0 Å². The molecule has 0 atom stereocenters. The number of esters is 1. The van der Waals surface area contributed by atoms with Crippen molar-refractivity contribution in [2.75, 3.05) is 25.5 Å². The van der Waals surface area contributed by atoms with E-state index in [9.17, 15) is 14.0 Å². The summed E-state index contributed by atoms with van der Waals surface area (Å²) in [4.78, 5) is 23.7. The summed E-state index contributed by atoms with van der Waals surface area (Å²) in [5.41, 5.74) is 0.302. The number of amides is 1. The third kappa shape index (κ3) is 3.33. The normalized spacial score (nSPS) is 15.7. The van der Waals surface area contributed by atoms with E-state index in [0.717, 1.165) is 38.1 Å². The molecule has 1 fully saturated rings. The topological polar surface area (TPSA) is 67.4 Å². The Bertz CT molecular complexity index is 513. The van der Waals surface area contributed by atoms with Crippen molar-refractivity contribution < 1.29 is 18.7 Å². The summed E-state index contributed by atoms with van der Waals surface area (Å²) < 4.78 is 17.9. The molecular weight excluding hydrogens is 263 g/mol. The van der Waals surface area contributed by atoms with Gasteiger partial charge in [-0.25, -0.2) is 9.18 Å². The fraction of sp³-hybridized carbons (Fsp3) is 0.429. The molecule has 0 bridgehead atoms. The Kier molecular flexibility index (Phi) is 4.68. The average Bonchev–Trinajstić information content (AvgIpc) is 2.47. The van der Waals surface area contributed by atoms with Crippen LogP contribution < -0.4 is 10.6 Å². The van der Waals surface area contributed by atoms with Crippen molar-refractivity contribution >= 4 is 17.6 Å². The molecule has 0 radical (unpaired) electrons. The summed E-state index contributed by atoms with van der Waals surface area (Å²) in [6.45, 7) is 1.57. The standard InChI is InChI=1S/C14H17FN2O3/c1-20-14(19)11-3-2-10(15)8-12(11)17-13(18)9-4-6-16-7-5-9/h2-3,8-9,16H,4-7H2,1H3,(H,17,18). The van der Waals surface area contributed by atoms with E-state index in [1.54, 1.807) is 0 Å². The lowest BCUT2D eigenvalue weighted by Crippen LogP contribution is -2.34. The first-order chi connectivity index (χ1) is 9.61. The zero-order chi connectivity index (χ0) is 14.5. The molecule has 1 aliphatic rings. The van der Waals surface area contributed by atoms with Crippen LogP contribution >= 0.6 is 0 Å². The SMILES string of the molecule is COC(=O)c1ccc(F)cc1NC(=O)C1CCNCC1. The lowest BCUT2D eigenvalue weighted by atomic mass is 9.97. The van der Waals surface area contributed by atoms with Gasteiger partial charge < -0.3 is 15.4 Å². The van der Waals surface area contributed by atoms with Gasteiger partial charge in [0, 0.05) is 5.92 Å². The largest absolute Gasteiger partial charge is 0.465 e. The van der Waals surface area contributed by atoms with Gasteiger partial charge in [0.25, 0.3) is 0 Å². The molecule has 1 saturated heterocycles. The Hall–Kier alpha value is -1.95. The predicted octanol–water partition coefficient (Wildman–Crippen LogP) is 1.55. The van der Waals surface area contributed by atoms with Gasteiger partial charge in [0.15, 0.2) is 0 Å². The molecule has 2 N–H and O–H groups in total. The lowest BCUT2D eigenvalue weighted by molar-refractivity contribution is -0.120. The fourth-order valence-electron chi connectivity index (χ4n) is 2.23. The molecule has 108 valence electrons. The molecule has 1 aromatic rings. The second-order valence-corrected chi connectivity index (χ2v) is 4.70. The smallest absolute Gasteiger partial charge is 0.339 e. The van der Waals surface area contributed by atoms with Crippen LogP contribution in [0.3, 0.4) is 0 Å². The maximum absolute atomic E-state index is 13.3. The summed E-state index contributed by atoms with van der Waals surface area (Å²) in [5, 5.41) is 5.80. The van der Waals surface area contributed by atoms with E-state index in [0.29, 0.717) is 0 Å². The first kappa shape index (κ1) is 14.5. The molecule has 1 aromatic carbocycles. The quantitative estimate of drug-likeness (QED) is 0.824. The Labute approximate surface area is 116 Å². The van der Waals surface area contributed by atoms with Crippen LogP contribution in [-0.2, 0) is 9.53 Å². The number of hydrogen-bond acceptors (Lipinski definition) is 4. The van der Waals surface area contributed by atoms with Crippen molar-refractivity contribution in [3.63, 3.8) is 0 Å². The Morgan fingerprint density at radius 2 is 2.05 bits per heavy atom. The van der Waals surface area contributed by atoms with Gasteiger partial charge in [-0.05, 0) is 44.1 Å². The molecule has 0 aromatic heterocycles. The van der Waals surface area contributed by atoms with Gasteiger partial charge in [0.2, 0.25) is 5.91 Å². The molecule has 1 heterocycles. The van der Waals surface area contributed by atoms with Gasteiger partial charge in [-0.15, -0.1) is 0 Å². The van der Waals surface area contributed by atoms with Crippen LogP contribution in [-0.4, -0.2) is 32.1 Å². The molecule has 20 heavy (non-hydrogen) atoms. The molecule has 0 saturated carbocycles. The van der Waals surface area contributed by atoms with Crippen molar-refractivity contribution in [2.45, 2.75) is 12.8 Å². The zero-order valence-corrected chi connectivity index (χ0v) is 11.2. The Balaban J connectivity index is 2.16. The molecule has 1 aliphatic heterocycles. The number of carbonyl (C=O) groups excluding carboxylic acids is 2. The molecule has 1 amide bonds. The van der Waals surface area contributed by atoms with Crippen molar-refractivity contribution in [3.8, 4) is 0 Å². The third-order valence-electron chi connectivity index (χ3n) is 3.35. The highest BCUT2D eigenvalue weighted by atomic mass is 19.1. The maximum atomic E-state index is 13.3. The van der Waals surface area contributed by atoms with Gasteiger partial charge in [-0.1, -0.05) is 0 Å². The number of methoxy groups -OCH3 is 1. The number of piperidine rings is 1. The minimum absolute atomic E-state index is 0.120. The monoisotopic (exact) mass is 280 g/mol. The van der Waals surface area contributed by atoms with Crippen molar-refractivity contribution in [2.24, 2.45) is 5.92 Å². The van der Waals surface area contributed by atoms with Crippen molar-refractivity contribution in [3.05, 3.63) is 29.6 Å². The van der Waals surface area contributed by atoms with Crippen LogP contribution in [0.5, 0.6) is 0 Å². The fourth-order valence-corrected chi connectivity index (χ4v) is 2.23. The molecule has 0 spiro atoms. The number of ether oxygens (including phenoxy) is 1. The second kappa shape index (κ2) is 6.47. The molecule has 2 rings (SSSR count). The van der Waals surface area contributed by atoms with Gasteiger partial charge in [0.1, 0.15) is 5.82 Å². The molecular formula is C14H17FN2O3. The van der Waals surface area contributed by atoms with Crippen LogP contribution in [0.4, 0.5) is 10.1 Å². The Morgan fingerprint density at radius 3 is 2.70 bits per heavy atom. The number of hydrogen-bond donors (Lipinski definition) is 2. The van der Waals surface area contributed by atoms with Gasteiger partial charge in [-0.2, -0.15) is 0 Å². The number of rotatable bonds is 3. The van der Waals surface area contributed by atoms with Crippen LogP contribution in [0.2, 0.25) is 0 Å². The number of carbonyl (C=O) groups is 2. The first-order valence-corrected chi connectivity index (χ1v) is 6.51. The number of nitrogens with one attached hydrogen (secondary N) is 2. The lowest BCUT2D eigenvalue weighted by Gasteiger charge is -2.22. The Morgan fingerprint density at radius 1 is 1.35 bits per heavy atom. The van der Waals surface area contributed by atoms with E-state index in [2.05, 4.69) is 15.4 Å². The van der Waals surface area contributed by atoms with Crippen molar-refractivity contribution in [1.29, 1.82) is 0 Å². The van der Waals surface area contributed by atoms with Crippen LogP contribution in [0.15, 0.2) is 18.2 Å². The predicted molar refractivity (Wildman–Crippen MR) is 72.0 cm³/mol. The average molecular weight is 280 g/mol. The summed E-state index contributed by atoms with van der Waals surface area (Å²) >= 11 is 0.